The molecule has 6 aromatic carbocycles. The Morgan fingerprint density at radius 2 is 1.17 bits per heavy atom. The summed E-state index contributed by atoms with van der Waals surface area (Å²) >= 11 is 0. The van der Waals surface area contributed by atoms with Gasteiger partial charge in [0.15, 0.2) is 16.6 Å². The van der Waals surface area contributed by atoms with Crippen molar-refractivity contribution in [3.63, 3.8) is 0 Å². The van der Waals surface area contributed by atoms with Gasteiger partial charge in [0.25, 0.3) is 0 Å². The van der Waals surface area contributed by atoms with Gasteiger partial charge in [0.1, 0.15) is 5.75 Å². The minimum Gasteiger partial charge on any atom is -0.494 e. The Bertz CT molecular complexity index is 2720. The molecule has 0 fully saturated rings. The second-order valence-electron chi connectivity index (χ2n) is 16.8. The van der Waals surface area contributed by atoms with E-state index < -0.39 is 5.91 Å². The molecular formula is C55H59N3O7. The molecule has 0 heterocycles. The number of fused-ring (bicyclic) bond motifs is 10. The molecule has 5 N–H and O–H groups in total. The Balaban J connectivity index is 0.000000200. The number of hydrogen-bond donors (Lipinski definition) is 3. The van der Waals surface area contributed by atoms with E-state index in [2.05, 4.69) is 60.6 Å². The fourth-order valence-corrected chi connectivity index (χ4v) is 8.71. The Morgan fingerprint density at radius 1 is 0.662 bits per heavy atom. The second-order valence-corrected chi connectivity index (χ2v) is 16.8. The Labute approximate surface area is 381 Å². The summed E-state index contributed by atoms with van der Waals surface area (Å²) in [6, 6.07) is 28.8. The van der Waals surface area contributed by atoms with Crippen LogP contribution >= 0.6 is 0 Å². The normalized spacial score (nSPS) is 13.0. The Kier molecular flexibility index (Phi) is 16.2. The predicted octanol–water partition coefficient (Wildman–Crippen LogP) is 8.26. The number of nitrogens with two attached hydrogens (primary N) is 2. The highest BCUT2D eigenvalue weighted by molar-refractivity contribution is 5.98. The number of amides is 3. The fraction of sp³-hybridized carbons (Fsp3) is 0.309. The third kappa shape index (κ3) is 11.8. The summed E-state index contributed by atoms with van der Waals surface area (Å²) in [5.74, 6) is -0.408. The van der Waals surface area contributed by atoms with Crippen LogP contribution in [0.1, 0.15) is 80.2 Å². The van der Waals surface area contributed by atoms with Gasteiger partial charge < -0.3 is 21.5 Å². The van der Waals surface area contributed by atoms with E-state index >= 15 is 0 Å². The second kappa shape index (κ2) is 22.1. The molecule has 2 atom stereocenters. The molecule has 0 aliphatic heterocycles. The highest BCUT2D eigenvalue weighted by Gasteiger charge is 2.32. The average molecular weight is 874 g/mol. The summed E-state index contributed by atoms with van der Waals surface area (Å²) in [7, 11) is 0. The maximum Gasteiger partial charge on any atom is 0.240 e. The molecule has 0 saturated heterocycles. The van der Waals surface area contributed by atoms with Crippen molar-refractivity contribution in [1.82, 2.24) is 5.32 Å². The largest absolute Gasteiger partial charge is 0.494 e. The summed E-state index contributed by atoms with van der Waals surface area (Å²) in [4.78, 5) is 69.8. The zero-order chi connectivity index (χ0) is 46.6. The van der Waals surface area contributed by atoms with Crippen molar-refractivity contribution in [2.24, 2.45) is 23.3 Å². The summed E-state index contributed by atoms with van der Waals surface area (Å²) in [5, 5.41) is 3.04. The van der Waals surface area contributed by atoms with Crippen LogP contribution in [0.15, 0.2) is 120 Å². The number of hydrogen-bond acceptors (Lipinski definition) is 7. The van der Waals surface area contributed by atoms with Crippen molar-refractivity contribution in [3.05, 3.63) is 159 Å². The zero-order valence-electron chi connectivity index (χ0n) is 37.5. The number of carbonyl (C=O) groups is 4. The number of aryl methyl sites for hydroxylation is 5. The van der Waals surface area contributed by atoms with Gasteiger partial charge in [-0.2, -0.15) is 0 Å². The van der Waals surface area contributed by atoms with E-state index in [4.69, 9.17) is 10.5 Å². The molecule has 6 aromatic rings. The average Bonchev–Trinajstić information content (AvgIpc) is 4.18. The Hall–Kier alpha value is -6.94. The van der Waals surface area contributed by atoms with E-state index in [1.807, 2.05) is 62.4 Å². The van der Waals surface area contributed by atoms with Crippen LogP contribution in [0.3, 0.4) is 0 Å². The molecular weight excluding hydrogens is 815 g/mol. The summed E-state index contributed by atoms with van der Waals surface area (Å²) in [6.07, 6.45) is 10.7. The smallest absolute Gasteiger partial charge is 0.240 e. The number of allylic oxidation sites excluding steroid dienone is 1. The highest BCUT2D eigenvalue weighted by Crippen LogP contribution is 2.42. The number of rotatable bonds is 17. The molecule has 3 amide bonds. The predicted molar refractivity (Wildman–Crippen MR) is 259 cm³/mol. The van der Waals surface area contributed by atoms with Crippen molar-refractivity contribution < 1.29 is 23.9 Å². The van der Waals surface area contributed by atoms with Crippen LogP contribution in [0.5, 0.6) is 5.75 Å². The maximum absolute atomic E-state index is 12.6. The number of ketones is 1. The lowest BCUT2D eigenvalue weighted by Gasteiger charge is -2.19. The fourth-order valence-electron chi connectivity index (χ4n) is 8.71. The van der Waals surface area contributed by atoms with Crippen LogP contribution in [0, 0.1) is 11.8 Å². The van der Waals surface area contributed by atoms with Gasteiger partial charge in [-0.3, -0.25) is 28.8 Å². The van der Waals surface area contributed by atoms with Crippen molar-refractivity contribution >= 4 is 23.5 Å². The van der Waals surface area contributed by atoms with E-state index in [0.29, 0.717) is 45.3 Å². The minimum atomic E-state index is -0.481. The first-order valence-corrected chi connectivity index (χ1v) is 22.7. The van der Waals surface area contributed by atoms with E-state index in [-0.39, 0.29) is 40.3 Å². The number of carbonyl (C=O) groups excluding carboxylic acids is 4. The van der Waals surface area contributed by atoms with Gasteiger partial charge in [-0.15, -0.1) is 0 Å². The van der Waals surface area contributed by atoms with E-state index in [1.54, 1.807) is 0 Å². The third-order valence-corrected chi connectivity index (χ3v) is 12.5. The lowest BCUT2D eigenvalue weighted by atomic mass is 9.89. The zero-order valence-corrected chi connectivity index (χ0v) is 37.5. The molecule has 2 aliphatic rings. The summed E-state index contributed by atoms with van der Waals surface area (Å²) in [5.41, 5.74) is 24.2. The first-order valence-electron chi connectivity index (χ1n) is 22.7. The number of ether oxygens (including phenoxy) is 1. The molecule has 10 heteroatoms. The van der Waals surface area contributed by atoms with Gasteiger partial charge in [-0.25, -0.2) is 0 Å². The van der Waals surface area contributed by atoms with Crippen molar-refractivity contribution in [2.45, 2.75) is 84.5 Å². The molecule has 65 heavy (non-hydrogen) atoms. The quantitative estimate of drug-likeness (QED) is 0.0611. The number of primary amides is 2. The van der Waals surface area contributed by atoms with Crippen LogP contribution in [0.4, 0.5) is 0 Å². The van der Waals surface area contributed by atoms with Gasteiger partial charge in [0.05, 0.1) is 6.61 Å². The minimum absolute atomic E-state index is 0.00533. The van der Waals surface area contributed by atoms with E-state index in [0.717, 1.165) is 100 Å². The number of benzene rings is 4. The van der Waals surface area contributed by atoms with Crippen molar-refractivity contribution in [1.29, 1.82) is 0 Å². The van der Waals surface area contributed by atoms with Crippen LogP contribution in [0.25, 0.3) is 44.5 Å². The third-order valence-electron chi connectivity index (χ3n) is 12.5. The molecule has 336 valence electrons. The lowest BCUT2D eigenvalue weighted by molar-refractivity contribution is -0.127. The number of nitrogens with one attached hydrogen (secondary N) is 1. The molecule has 0 spiro atoms. The maximum atomic E-state index is 12.6. The first kappa shape index (κ1) is 47.5. The first-order chi connectivity index (χ1) is 31.4. The van der Waals surface area contributed by atoms with Crippen LogP contribution in [-0.2, 0) is 51.3 Å². The lowest BCUT2D eigenvalue weighted by Crippen LogP contribution is -2.34. The molecule has 0 aromatic heterocycles. The highest BCUT2D eigenvalue weighted by atomic mass is 16.5. The molecule has 8 rings (SSSR count). The monoisotopic (exact) mass is 873 g/mol. The topological polar surface area (TPSA) is 176 Å². The molecule has 0 bridgehead atoms. The Morgan fingerprint density at radius 3 is 1.69 bits per heavy atom. The van der Waals surface area contributed by atoms with Gasteiger partial charge in [-0.1, -0.05) is 99.8 Å². The van der Waals surface area contributed by atoms with Gasteiger partial charge >= 0.3 is 0 Å². The molecule has 0 radical (unpaired) electrons. The SMILES string of the molecule is C=CC(=O)CCCOc1ccc2c(c1)CCc1ccccc1-c1c-2c1=O.C=CC(N)=O.CCC(CC(CC)C(=O)NCCCc1ccc2c(c1)CCc1ccccc1-c1c-2c1=O)C(N)=O. The van der Waals surface area contributed by atoms with Crippen molar-refractivity contribution in [2.75, 3.05) is 13.2 Å². The summed E-state index contributed by atoms with van der Waals surface area (Å²) < 4.78 is 5.80. The molecule has 2 unspecified atom stereocenters. The standard InChI is InChI=1S/C29H34N2O3.C23H20O3.C3H5NO/c1-3-19(28(30)33)17-20(4-2)29(34)31-15-7-8-18-11-14-24-22(16-18)13-12-21-9-5-6-10-23(21)25-26(24)27(25)32;1-2-17(24)7-5-13-26-18-11-12-20-16(14-18)10-9-15-6-3-4-8-19(15)21-22(20)23(21)25;1-2-3(4)5/h5-6,9-11,14,16,19-20H,3-4,7-8,12-13,15,17H2,1-2H3,(H2,30,33)(H,31,34);2-4,6,8,11-12,14H,1,5,7,9-10,13H2;2H,1H2,(H2,4,5). The van der Waals surface area contributed by atoms with Gasteiger partial charge in [-0.05, 0) is 139 Å². The van der Waals surface area contributed by atoms with Gasteiger partial charge in [0, 0.05) is 47.1 Å². The van der Waals surface area contributed by atoms with E-state index in [1.165, 1.54) is 28.3 Å². The molecule has 0 saturated carbocycles. The van der Waals surface area contributed by atoms with Crippen LogP contribution in [0.2, 0.25) is 0 Å². The van der Waals surface area contributed by atoms with Gasteiger partial charge in [0.2, 0.25) is 17.7 Å². The molecule has 2 aliphatic carbocycles. The van der Waals surface area contributed by atoms with E-state index in [9.17, 15) is 28.8 Å². The van der Waals surface area contributed by atoms with Crippen LogP contribution < -0.4 is 32.4 Å². The molecule has 10 nitrogen and oxygen atoms in total. The van der Waals surface area contributed by atoms with Crippen LogP contribution in [-0.4, -0.2) is 36.7 Å². The van der Waals surface area contributed by atoms with Crippen molar-refractivity contribution in [3.8, 4) is 50.3 Å². The summed E-state index contributed by atoms with van der Waals surface area (Å²) in [6.45, 7) is 11.6.